The lowest BCUT2D eigenvalue weighted by molar-refractivity contribution is -0.151. The number of aliphatic carboxylic acids is 1. The molecule has 0 aliphatic heterocycles. The molecule has 0 heterocycles. The van der Waals surface area contributed by atoms with Crippen molar-refractivity contribution >= 4 is 29.4 Å². The summed E-state index contributed by atoms with van der Waals surface area (Å²) in [5.74, 6) is -4.77. The first kappa shape index (κ1) is 25.6. The summed E-state index contributed by atoms with van der Waals surface area (Å²) in [5, 5.41) is 52.9. The highest BCUT2D eigenvalue weighted by molar-refractivity contribution is 6.32. The number of amides is 2. The Balaban J connectivity index is 4.94. The molecule has 0 saturated carbocycles. The third-order valence-electron chi connectivity index (χ3n) is 3.74. The van der Waals surface area contributed by atoms with Gasteiger partial charge in [-0.3, -0.25) is 14.4 Å². The predicted octanol–water partition coefficient (Wildman–Crippen LogP) is -3.54. The topological polar surface area (TPSA) is 211 Å². The Bertz CT molecular complexity index is 594. The van der Waals surface area contributed by atoms with Crippen molar-refractivity contribution in [2.24, 2.45) is 0 Å². The maximum Gasteiger partial charge on any atom is 0.372 e. The van der Waals surface area contributed by atoms with Gasteiger partial charge in [-0.15, -0.1) is 0 Å². The Hall–Kier alpha value is -2.41. The van der Waals surface area contributed by atoms with Gasteiger partial charge in [0.05, 0.1) is 18.2 Å². The predicted molar refractivity (Wildman–Crippen MR) is 91.8 cm³/mol. The maximum atomic E-state index is 11.5. The number of aliphatic hydroxyl groups is 4. The van der Waals surface area contributed by atoms with Gasteiger partial charge in [-0.1, -0.05) is 0 Å². The van der Waals surface area contributed by atoms with Crippen LogP contribution < -0.4 is 10.6 Å². The van der Waals surface area contributed by atoms with Crippen LogP contribution in [0.25, 0.3) is 0 Å². The van der Waals surface area contributed by atoms with Crippen molar-refractivity contribution in [3.8, 4) is 0 Å². The number of ketones is 2. The Kier molecular flexibility index (Phi) is 11.1. The molecule has 0 rings (SSSR count). The second-order valence-electron chi connectivity index (χ2n) is 6.28. The minimum atomic E-state index is -2.00. The van der Waals surface area contributed by atoms with E-state index in [4.69, 9.17) is 5.11 Å². The van der Waals surface area contributed by atoms with Crippen LogP contribution in [0, 0.1) is 0 Å². The summed E-state index contributed by atoms with van der Waals surface area (Å²) in [6, 6.07) is -1.67. The van der Waals surface area contributed by atoms with Crippen molar-refractivity contribution in [2.75, 3.05) is 6.54 Å². The maximum absolute atomic E-state index is 11.5. The lowest BCUT2D eigenvalue weighted by Gasteiger charge is -2.32. The van der Waals surface area contributed by atoms with Gasteiger partial charge in [0, 0.05) is 32.7 Å². The van der Waals surface area contributed by atoms with Gasteiger partial charge in [-0.25, -0.2) is 4.79 Å². The van der Waals surface area contributed by atoms with E-state index in [9.17, 15) is 44.4 Å². The molecule has 0 bridgehead atoms. The van der Waals surface area contributed by atoms with Crippen LogP contribution in [0.4, 0.5) is 0 Å². The van der Waals surface area contributed by atoms with E-state index >= 15 is 0 Å². The average molecular weight is 406 g/mol. The van der Waals surface area contributed by atoms with Gasteiger partial charge >= 0.3 is 5.97 Å². The van der Waals surface area contributed by atoms with Crippen LogP contribution in [0.15, 0.2) is 0 Å². The van der Waals surface area contributed by atoms with E-state index in [0.717, 1.165) is 6.92 Å². The lowest BCUT2D eigenvalue weighted by atomic mass is 9.93. The SMILES string of the molecule is CC(=O)CCC(=O)NCC(O)C(O)C(O)C(NC(C)=O)C(O)CC(=O)C(=O)O. The normalized spacial score (nSPS) is 16.2. The number of carboxylic acids is 1. The van der Waals surface area contributed by atoms with Gasteiger partial charge < -0.3 is 41.0 Å². The van der Waals surface area contributed by atoms with E-state index in [1.54, 1.807) is 0 Å². The van der Waals surface area contributed by atoms with Crippen LogP contribution in [-0.4, -0.2) is 91.9 Å². The van der Waals surface area contributed by atoms with Gasteiger partial charge in [0.1, 0.15) is 18.0 Å². The Labute approximate surface area is 160 Å². The molecule has 12 nitrogen and oxygen atoms in total. The second-order valence-corrected chi connectivity index (χ2v) is 6.28. The van der Waals surface area contributed by atoms with Crippen molar-refractivity contribution in [1.82, 2.24) is 10.6 Å². The number of aliphatic hydroxyl groups excluding tert-OH is 4. The van der Waals surface area contributed by atoms with Crippen molar-refractivity contribution in [3.63, 3.8) is 0 Å². The fraction of sp³-hybridized carbons (Fsp3) is 0.688. The quantitative estimate of drug-likeness (QED) is 0.150. The Morgan fingerprint density at radius 2 is 1.43 bits per heavy atom. The zero-order valence-electron chi connectivity index (χ0n) is 15.5. The number of rotatable bonds is 13. The van der Waals surface area contributed by atoms with Crippen LogP contribution in [0.3, 0.4) is 0 Å². The number of hydrogen-bond acceptors (Lipinski definition) is 9. The van der Waals surface area contributed by atoms with Gasteiger partial charge in [0.2, 0.25) is 17.6 Å². The summed E-state index contributed by atoms with van der Waals surface area (Å²) >= 11 is 0. The molecule has 0 saturated heterocycles. The molecule has 28 heavy (non-hydrogen) atoms. The Morgan fingerprint density at radius 1 is 0.857 bits per heavy atom. The number of Topliss-reactive ketones (excluding diaryl/α,β-unsaturated/α-hetero) is 2. The zero-order valence-corrected chi connectivity index (χ0v) is 15.5. The number of carbonyl (C=O) groups excluding carboxylic acids is 4. The van der Waals surface area contributed by atoms with Gasteiger partial charge in [-0.2, -0.15) is 0 Å². The monoisotopic (exact) mass is 406 g/mol. The molecule has 0 spiro atoms. The summed E-state index contributed by atoms with van der Waals surface area (Å²) in [6.07, 6.45) is -8.66. The average Bonchev–Trinajstić information content (AvgIpc) is 2.60. The molecule has 7 N–H and O–H groups in total. The van der Waals surface area contributed by atoms with Gasteiger partial charge in [-0.05, 0) is 6.92 Å². The van der Waals surface area contributed by atoms with E-state index < -0.39 is 67.0 Å². The third-order valence-corrected chi connectivity index (χ3v) is 3.74. The number of nitrogens with one attached hydrogen (secondary N) is 2. The van der Waals surface area contributed by atoms with E-state index in [1.807, 2.05) is 0 Å². The molecule has 12 heteroatoms. The molecule has 0 aromatic carbocycles. The molecule has 0 aliphatic carbocycles. The molecule has 160 valence electrons. The molecule has 0 fully saturated rings. The number of carbonyl (C=O) groups is 5. The molecule has 2 amide bonds. The van der Waals surface area contributed by atoms with Crippen LogP contribution in [-0.2, 0) is 24.0 Å². The molecule has 5 unspecified atom stereocenters. The standard InChI is InChI=1S/C16H26N2O10/c1-7(19)3-4-12(24)17-6-11(23)14(25)15(26)13(18-8(2)20)9(21)5-10(22)16(27)28/h9,11,13-15,21,23,25-26H,3-6H2,1-2H3,(H,17,24)(H,18,20)(H,27,28). The smallest absolute Gasteiger partial charge is 0.372 e. The first-order chi connectivity index (χ1) is 12.9. The molecule has 5 atom stereocenters. The van der Waals surface area contributed by atoms with Crippen molar-refractivity contribution < 1.29 is 49.5 Å². The molecular formula is C16H26N2O10. The fourth-order valence-electron chi connectivity index (χ4n) is 2.21. The first-order valence-electron chi connectivity index (χ1n) is 8.38. The third kappa shape index (κ3) is 9.50. The highest BCUT2D eigenvalue weighted by Crippen LogP contribution is 2.12. The Morgan fingerprint density at radius 3 is 1.89 bits per heavy atom. The van der Waals surface area contributed by atoms with E-state index in [2.05, 4.69) is 10.6 Å². The van der Waals surface area contributed by atoms with Crippen LogP contribution in [0.2, 0.25) is 0 Å². The van der Waals surface area contributed by atoms with E-state index in [1.165, 1.54) is 6.92 Å². The summed E-state index contributed by atoms with van der Waals surface area (Å²) < 4.78 is 0. The summed E-state index contributed by atoms with van der Waals surface area (Å²) in [4.78, 5) is 55.4. The van der Waals surface area contributed by atoms with Crippen LogP contribution >= 0.6 is 0 Å². The minimum Gasteiger partial charge on any atom is -0.475 e. The highest BCUT2D eigenvalue weighted by atomic mass is 16.4. The number of carboxylic acid groups (broad SMARTS) is 1. The minimum absolute atomic E-state index is 0.0124. The fourth-order valence-corrected chi connectivity index (χ4v) is 2.21. The van der Waals surface area contributed by atoms with Crippen molar-refractivity contribution in [3.05, 3.63) is 0 Å². The summed E-state index contributed by atoms with van der Waals surface area (Å²) in [6.45, 7) is 1.81. The molecule has 0 radical (unpaired) electrons. The number of hydrogen-bond donors (Lipinski definition) is 7. The van der Waals surface area contributed by atoms with Crippen molar-refractivity contribution in [1.29, 1.82) is 0 Å². The molecule has 0 aromatic rings. The summed E-state index contributed by atoms with van der Waals surface area (Å²) in [7, 11) is 0. The van der Waals surface area contributed by atoms with E-state index in [0.29, 0.717) is 0 Å². The van der Waals surface area contributed by atoms with Gasteiger partial charge in [0.25, 0.3) is 0 Å². The van der Waals surface area contributed by atoms with Gasteiger partial charge in [0.15, 0.2) is 0 Å². The van der Waals surface area contributed by atoms with Crippen LogP contribution in [0.1, 0.15) is 33.1 Å². The largest absolute Gasteiger partial charge is 0.475 e. The van der Waals surface area contributed by atoms with E-state index in [-0.39, 0.29) is 18.6 Å². The lowest BCUT2D eigenvalue weighted by Crippen LogP contribution is -2.58. The highest BCUT2D eigenvalue weighted by Gasteiger charge is 2.37. The first-order valence-corrected chi connectivity index (χ1v) is 8.38. The molecule has 0 aliphatic rings. The van der Waals surface area contributed by atoms with Crippen molar-refractivity contribution in [2.45, 2.75) is 63.6 Å². The molecular weight excluding hydrogens is 380 g/mol. The molecule has 0 aromatic heterocycles. The zero-order chi connectivity index (χ0) is 22.0. The second kappa shape index (κ2) is 12.1. The summed E-state index contributed by atoms with van der Waals surface area (Å²) in [5.41, 5.74) is 0. The van der Waals surface area contributed by atoms with Crippen LogP contribution in [0.5, 0.6) is 0 Å².